The van der Waals surface area contributed by atoms with Gasteiger partial charge in [-0.15, -0.1) is 0 Å². The highest BCUT2D eigenvalue weighted by molar-refractivity contribution is 7.92. The van der Waals surface area contributed by atoms with E-state index in [0.717, 1.165) is 21.0 Å². The number of hydrogen-bond donors (Lipinski definition) is 1. The monoisotopic (exact) mass is 581 g/mol. The van der Waals surface area contributed by atoms with Crippen LogP contribution in [0.5, 0.6) is 11.5 Å². The topological polar surface area (TPSA) is 105 Å². The quantitative estimate of drug-likeness (QED) is 0.320. The number of methoxy groups -OCH3 is 2. The van der Waals surface area contributed by atoms with Crippen molar-refractivity contribution in [2.75, 3.05) is 31.6 Å². The van der Waals surface area contributed by atoms with E-state index in [1.165, 1.54) is 24.1 Å². The first kappa shape index (κ1) is 31.5. The number of anilines is 1. The predicted octanol–water partition coefficient (Wildman–Crippen LogP) is 4.46. The number of aryl methyl sites for hydroxylation is 2. The summed E-state index contributed by atoms with van der Waals surface area (Å²) in [6.07, 6.45) is 0.333. The minimum absolute atomic E-state index is 0.0366. The fourth-order valence-corrected chi connectivity index (χ4v) is 5.94. The molecule has 0 radical (unpaired) electrons. The van der Waals surface area contributed by atoms with Gasteiger partial charge in [0.1, 0.15) is 24.1 Å². The molecule has 2 amide bonds. The number of amides is 2. The summed E-state index contributed by atoms with van der Waals surface area (Å²) in [4.78, 5) is 28.7. The minimum Gasteiger partial charge on any atom is -0.497 e. The first-order chi connectivity index (χ1) is 19.5. The molecular formula is C31H39N3O6S. The smallest absolute Gasteiger partial charge is 0.264 e. The van der Waals surface area contributed by atoms with Crippen LogP contribution in [0.1, 0.15) is 37.0 Å². The highest BCUT2D eigenvalue weighted by atomic mass is 32.2. The average molecular weight is 582 g/mol. The van der Waals surface area contributed by atoms with Crippen molar-refractivity contribution in [2.24, 2.45) is 0 Å². The lowest BCUT2D eigenvalue weighted by molar-refractivity contribution is -0.140. The molecule has 0 heterocycles. The molecule has 220 valence electrons. The molecule has 41 heavy (non-hydrogen) atoms. The first-order valence-corrected chi connectivity index (χ1v) is 14.9. The second kappa shape index (κ2) is 14.0. The van der Waals surface area contributed by atoms with Crippen LogP contribution in [0.25, 0.3) is 0 Å². The second-order valence-electron chi connectivity index (χ2n) is 9.69. The Bertz CT molecular complexity index is 1460. The van der Waals surface area contributed by atoms with Gasteiger partial charge in [-0.3, -0.25) is 13.9 Å². The number of likely N-dealkylation sites (N-methyl/N-ethyl adjacent to an activating group) is 1. The maximum atomic E-state index is 14.2. The van der Waals surface area contributed by atoms with Crippen molar-refractivity contribution < 1.29 is 27.5 Å². The number of rotatable bonds is 13. The number of nitrogens with one attached hydrogen (secondary N) is 1. The summed E-state index contributed by atoms with van der Waals surface area (Å²) in [5, 5.41) is 2.80. The highest BCUT2D eigenvalue weighted by Crippen LogP contribution is 2.34. The molecule has 9 nitrogen and oxygen atoms in total. The Morgan fingerprint density at radius 2 is 1.59 bits per heavy atom. The largest absolute Gasteiger partial charge is 0.497 e. The third kappa shape index (κ3) is 7.58. The lowest BCUT2D eigenvalue weighted by Crippen LogP contribution is -2.52. The summed E-state index contributed by atoms with van der Waals surface area (Å²) in [6.45, 7) is 7.24. The zero-order valence-corrected chi connectivity index (χ0v) is 25.3. The maximum Gasteiger partial charge on any atom is 0.264 e. The second-order valence-corrected chi connectivity index (χ2v) is 11.6. The summed E-state index contributed by atoms with van der Waals surface area (Å²) >= 11 is 0. The average Bonchev–Trinajstić information content (AvgIpc) is 2.96. The molecular weight excluding hydrogens is 542 g/mol. The zero-order chi connectivity index (χ0) is 30.2. The van der Waals surface area contributed by atoms with Gasteiger partial charge in [0.2, 0.25) is 11.8 Å². The van der Waals surface area contributed by atoms with Crippen LogP contribution < -0.4 is 19.1 Å². The van der Waals surface area contributed by atoms with E-state index in [1.54, 1.807) is 62.6 Å². The zero-order valence-electron chi connectivity index (χ0n) is 24.5. The van der Waals surface area contributed by atoms with Gasteiger partial charge in [0.25, 0.3) is 10.0 Å². The van der Waals surface area contributed by atoms with Crippen molar-refractivity contribution in [3.05, 3.63) is 83.4 Å². The van der Waals surface area contributed by atoms with E-state index in [2.05, 4.69) is 5.32 Å². The predicted molar refractivity (Wildman–Crippen MR) is 160 cm³/mol. The van der Waals surface area contributed by atoms with Crippen LogP contribution in [0.3, 0.4) is 0 Å². The summed E-state index contributed by atoms with van der Waals surface area (Å²) in [5.41, 5.74) is 2.66. The molecule has 0 aliphatic heterocycles. The fourth-order valence-electron chi connectivity index (χ4n) is 4.52. The van der Waals surface area contributed by atoms with E-state index in [-0.39, 0.29) is 23.0 Å². The van der Waals surface area contributed by atoms with Gasteiger partial charge in [-0.25, -0.2) is 8.42 Å². The van der Waals surface area contributed by atoms with Crippen LogP contribution in [-0.4, -0.2) is 58.5 Å². The summed E-state index contributed by atoms with van der Waals surface area (Å²) in [5.74, 6) is 0.0562. The Balaban J connectivity index is 2.13. The molecule has 3 rings (SSSR count). The molecule has 0 aliphatic carbocycles. The molecule has 0 saturated carbocycles. The van der Waals surface area contributed by atoms with Crippen LogP contribution in [0.15, 0.2) is 71.6 Å². The molecule has 0 bridgehead atoms. The molecule has 0 fully saturated rings. The molecule has 0 aliphatic rings. The van der Waals surface area contributed by atoms with E-state index in [1.807, 2.05) is 26.8 Å². The standard InChI is InChI=1S/C31H39N3O6S/c1-7-27(31(36)32-8-2)33(20-24-10-9-11-25(19-24)39-5)30(35)21-34(28-18-23(4)14-17-29(28)40-6)41(37,38)26-15-12-22(3)13-16-26/h9-19,27H,7-8,20-21H2,1-6H3,(H,32,36)/t27-/m0/s1. The van der Waals surface area contributed by atoms with Crippen LogP contribution in [0.2, 0.25) is 0 Å². The van der Waals surface area contributed by atoms with E-state index >= 15 is 0 Å². The fraction of sp³-hybridized carbons (Fsp3) is 0.355. The van der Waals surface area contributed by atoms with E-state index < -0.39 is 28.5 Å². The number of benzene rings is 3. The molecule has 1 N–H and O–H groups in total. The van der Waals surface area contributed by atoms with Gasteiger partial charge in [-0.2, -0.15) is 0 Å². The van der Waals surface area contributed by atoms with Gasteiger partial charge in [0.05, 0.1) is 24.8 Å². The van der Waals surface area contributed by atoms with Crippen molar-refractivity contribution >= 4 is 27.5 Å². The van der Waals surface area contributed by atoms with Gasteiger partial charge in [0.15, 0.2) is 0 Å². The van der Waals surface area contributed by atoms with Crippen molar-refractivity contribution in [1.29, 1.82) is 0 Å². The molecule has 3 aromatic carbocycles. The first-order valence-electron chi connectivity index (χ1n) is 13.5. The minimum atomic E-state index is -4.21. The van der Waals surface area contributed by atoms with Crippen molar-refractivity contribution in [3.8, 4) is 11.5 Å². The lowest BCUT2D eigenvalue weighted by Gasteiger charge is -2.33. The highest BCUT2D eigenvalue weighted by Gasteiger charge is 2.34. The summed E-state index contributed by atoms with van der Waals surface area (Å²) < 4.78 is 40.1. The van der Waals surface area contributed by atoms with Crippen LogP contribution in [0.4, 0.5) is 5.69 Å². The third-order valence-electron chi connectivity index (χ3n) is 6.71. The molecule has 0 unspecified atom stereocenters. The van der Waals surface area contributed by atoms with Crippen LogP contribution in [-0.2, 0) is 26.2 Å². The molecule has 1 atom stereocenters. The normalized spacial score (nSPS) is 11.9. The van der Waals surface area contributed by atoms with Crippen molar-refractivity contribution in [2.45, 2.75) is 51.6 Å². The Hall–Kier alpha value is -4.05. The van der Waals surface area contributed by atoms with Crippen LogP contribution in [0, 0.1) is 13.8 Å². The number of hydrogen-bond acceptors (Lipinski definition) is 6. The van der Waals surface area contributed by atoms with Crippen molar-refractivity contribution in [1.82, 2.24) is 10.2 Å². The Morgan fingerprint density at radius 3 is 2.20 bits per heavy atom. The molecule has 0 aromatic heterocycles. The van der Waals surface area contributed by atoms with Gasteiger partial charge < -0.3 is 19.7 Å². The Morgan fingerprint density at radius 1 is 0.902 bits per heavy atom. The number of sulfonamides is 1. The Labute approximate surface area is 243 Å². The van der Waals surface area contributed by atoms with E-state index in [9.17, 15) is 18.0 Å². The molecule has 0 spiro atoms. The number of carbonyl (C=O) groups is 2. The van der Waals surface area contributed by atoms with Gasteiger partial charge >= 0.3 is 0 Å². The summed E-state index contributed by atoms with van der Waals surface area (Å²) in [7, 11) is -1.21. The lowest BCUT2D eigenvalue weighted by atomic mass is 10.1. The van der Waals surface area contributed by atoms with Gasteiger partial charge in [-0.05, 0) is 74.7 Å². The van der Waals surface area contributed by atoms with E-state index in [0.29, 0.717) is 24.5 Å². The van der Waals surface area contributed by atoms with Crippen molar-refractivity contribution in [3.63, 3.8) is 0 Å². The van der Waals surface area contributed by atoms with Gasteiger partial charge in [0, 0.05) is 13.1 Å². The SMILES string of the molecule is CCNC(=O)[C@H](CC)N(Cc1cccc(OC)c1)C(=O)CN(c1cc(C)ccc1OC)S(=O)(=O)c1ccc(C)cc1. The summed E-state index contributed by atoms with van der Waals surface area (Å²) in [6, 6.07) is 18.0. The van der Waals surface area contributed by atoms with E-state index in [4.69, 9.17) is 9.47 Å². The number of ether oxygens (including phenoxy) is 2. The third-order valence-corrected chi connectivity index (χ3v) is 8.49. The maximum absolute atomic E-state index is 14.2. The molecule has 3 aromatic rings. The van der Waals surface area contributed by atoms with Gasteiger partial charge in [-0.1, -0.05) is 42.8 Å². The number of nitrogens with zero attached hydrogens (tertiary/aromatic N) is 2. The molecule has 0 saturated heterocycles. The number of carbonyl (C=O) groups excluding carboxylic acids is 2. The van der Waals surface area contributed by atoms with Crippen LogP contribution >= 0.6 is 0 Å². The Kier molecular flexibility index (Phi) is 10.8. The molecule has 10 heteroatoms.